The summed E-state index contributed by atoms with van der Waals surface area (Å²) in [7, 11) is 1.58. The fraction of sp³-hybridized carbons (Fsp3) is 0.429. The maximum atomic E-state index is 11.5. The van der Waals surface area contributed by atoms with Crippen LogP contribution in [0.5, 0.6) is 5.75 Å². The zero-order chi connectivity index (χ0) is 15.9. The summed E-state index contributed by atoms with van der Waals surface area (Å²) < 4.78 is 5.10. The molecule has 1 aromatic carbocycles. The largest absolute Gasteiger partial charge is 0.497 e. The van der Waals surface area contributed by atoms with Crippen LogP contribution in [0.2, 0.25) is 0 Å². The number of carboxylic acid groups (broad SMARTS) is 1. The second kappa shape index (κ2) is 7.49. The zero-order valence-electron chi connectivity index (χ0n) is 12.0. The Kier molecular flexibility index (Phi) is 5.98. The van der Waals surface area contributed by atoms with E-state index in [4.69, 9.17) is 9.84 Å². The Balaban J connectivity index is 2.32. The summed E-state index contributed by atoms with van der Waals surface area (Å²) in [4.78, 5) is 22.1. The number of nitrogens with one attached hydrogen (secondary N) is 2. The first kappa shape index (κ1) is 16.8. The van der Waals surface area contributed by atoms with Crippen molar-refractivity contribution in [3.05, 3.63) is 29.8 Å². The van der Waals surface area contributed by atoms with Gasteiger partial charge < -0.3 is 25.6 Å². The highest BCUT2D eigenvalue weighted by Crippen LogP contribution is 2.12. The summed E-state index contributed by atoms with van der Waals surface area (Å²) in [5.74, 6) is -0.645. The van der Waals surface area contributed by atoms with Crippen LogP contribution in [0.1, 0.15) is 12.5 Å². The molecule has 0 fully saturated rings. The van der Waals surface area contributed by atoms with E-state index in [1.54, 1.807) is 7.11 Å². The van der Waals surface area contributed by atoms with Crippen LogP contribution in [0.15, 0.2) is 24.3 Å². The van der Waals surface area contributed by atoms with Gasteiger partial charge in [0.15, 0.2) is 5.60 Å². The molecule has 0 aliphatic rings. The number of urea groups is 1. The Morgan fingerprint density at radius 2 is 2.05 bits per heavy atom. The maximum absolute atomic E-state index is 11.5. The average molecular weight is 296 g/mol. The van der Waals surface area contributed by atoms with E-state index in [1.807, 2.05) is 24.3 Å². The topological polar surface area (TPSA) is 108 Å². The van der Waals surface area contributed by atoms with Crippen molar-refractivity contribution in [3.8, 4) is 5.75 Å². The van der Waals surface area contributed by atoms with Crippen LogP contribution in [0.3, 0.4) is 0 Å². The molecule has 1 atom stereocenters. The number of carbonyl (C=O) groups is 2. The first-order valence-corrected chi connectivity index (χ1v) is 6.45. The third kappa shape index (κ3) is 5.70. The third-order valence-corrected chi connectivity index (χ3v) is 2.89. The molecule has 0 aromatic heterocycles. The molecule has 0 spiro atoms. The summed E-state index contributed by atoms with van der Waals surface area (Å²) in [6.45, 7) is 1.13. The Labute approximate surface area is 122 Å². The molecule has 21 heavy (non-hydrogen) atoms. The summed E-state index contributed by atoms with van der Waals surface area (Å²) in [6, 6.07) is 6.95. The van der Waals surface area contributed by atoms with Gasteiger partial charge in [0.2, 0.25) is 0 Å². The number of aliphatic carboxylic acids is 1. The van der Waals surface area contributed by atoms with Gasteiger partial charge in [0.1, 0.15) is 5.75 Å². The minimum Gasteiger partial charge on any atom is -0.497 e. The van der Waals surface area contributed by atoms with Crippen molar-refractivity contribution in [2.45, 2.75) is 18.9 Å². The second-order valence-corrected chi connectivity index (χ2v) is 4.79. The molecule has 2 amide bonds. The second-order valence-electron chi connectivity index (χ2n) is 4.79. The lowest BCUT2D eigenvalue weighted by Gasteiger charge is -2.18. The molecule has 7 nitrogen and oxygen atoms in total. The SMILES string of the molecule is COc1cccc(CCNC(=O)NCC(C)(O)C(=O)O)c1. The predicted octanol–water partition coefficient (Wildman–Crippen LogP) is 0.372. The Morgan fingerprint density at radius 3 is 2.67 bits per heavy atom. The minimum absolute atomic E-state index is 0.368. The molecule has 0 radical (unpaired) electrons. The lowest BCUT2D eigenvalue weighted by Crippen LogP contribution is -2.49. The van der Waals surface area contributed by atoms with Gasteiger partial charge in [-0.05, 0) is 31.0 Å². The molecule has 0 aliphatic heterocycles. The Morgan fingerprint density at radius 1 is 1.33 bits per heavy atom. The van der Waals surface area contributed by atoms with E-state index < -0.39 is 17.6 Å². The molecule has 1 unspecified atom stereocenters. The predicted molar refractivity (Wildman–Crippen MR) is 76.4 cm³/mol. The quantitative estimate of drug-likeness (QED) is 0.581. The number of rotatable bonds is 7. The average Bonchev–Trinajstić information content (AvgIpc) is 2.45. The van der Waals surface area contributed by atoms with Crippen LogP contribution in [0.25, 0.3) is 0 Å². The van der Waals surface area contributed by atoms with E-state index in [1.165, 1.54) is 0 Å². The van der Waals surface area contributed by atoms with E-state index in [9.17, 15) is 14.7 Å². The lowest BCUT2D eigenvalue weighted by molar-refractivity contribution is -0.155. The molecular formula is C14H20N2O5. The number of methoxy groups -OCH3 is 1. The Bertz CT molecular complexity index is 502. The van der Waals surface area contributed by atoms with Crippen LogP contribution in [0.4, 0.5) is 4.79 Å². The van der Waals surface area contributed by atoms with Crippen molar-refractivity contribution in [1.29, 1.82) is 0 Å². The van der Waals surface area contributed by atoms with Crippen LogP contribution < -0.4 is 15.4 Å². The number of benzene rings is 1. The summed E-state index contributed by atoms with van der Waals surface area (Å²) >= 11 is 0. The number of carbonyl (C=O) groups excluding carboxylic acids is 1. The van der Waals surface area contributed by atoms with Crippen molar-refractivity contribution in [2.75, 3.05) is 20.2 Å². The van der Waals surface area contributed by atoms with Gasteiger partial charge in [0.05, 0.1) is 13.7 Å². The molecule has 0 saturated carbocycles. The highest BCUT2D eigenvalue weighted by Gasteiger charge is 2.30. The minimum atomic E-state index is -1.98. The smallest absolute Gasteiger partial charge is 0.337 e. The summed E-state index contributed by atoms with van der Waals surface area (Å²) in [6.07, 6.45) is 0.611. The van der Waals surface area contributed by atoms with Gasteiger partial charge in [-0.15, -0.1) is 0 Å². The van der Waals surface area contributed by atoms with Gasteiger partial charge >= 0.3 is 12.0 Å². The van der Waals surface area contributed by atoms with Crippen LogP contribution >= 0.6 is 0 Å². The Hall–Kier alpha value is -2.28. The fourth-order valence-corrected chi connectivity index (χ4v) is 1.54. The molecule has 1 rings (SSSR count). The molecule has 116 valence electrons. The van der Waals surface area contributed by atoms with Crippen molar-refractivity contribution in [1.82, 2.24) is 10.6 Å². The first-order valence-electron chi connectivity index (χ1n) is 6.45. The normalized spacial score (nSPS) is 13.1. The fourth-order valence-electron chi connectivity index (χ4n) is 1.54. The van der Waals surface area contributed by atoms with Gasteiger partial charge in [0.25, 0.3) is 0 Å². The molecule has 0 heterocycles. The van der Waals surface area contributed by atoms with E-state index in [-0.39, 0.29) is 6.54 Å². The van der Waals surface area contributed by atoms with Crippen molar-refractivity contribution >= 4 is 12.0 Å². The molecule has 0 aliphatic carbocycles. The van der Waals surface area contributed by atoms with Gasteiger partial charge in [-0.25, -0.2) is 9.59 Å². The van der Waals surface area contributed by atoms with Gasteiger partial charge in [0, 0.05) is 6.54 Å². The monoisotopic (exact) mass is 296 g/mol. The summed E-state index contributed by atoms with van der Waals surface area (Å²) in [5.41, 5.74) is -0.975. The third-order valence-electron chi connectivity index (χ3n) is 2.89. The van der Waals surface area contributed by atoms with E-state index in [2.05, 4.69) is 10.6 Å². The van der Waals surface area contributed by atoms with Crippen LogP contribution in [-0.2, 0) is 11.2 Å². The highest BCUT2D eigenvalue weighted by molar-refractivity contribution is 5.79. The summed E-state index contributed by atoms with van der Waals surface area (Å²) in [5, 5.41) is 23.0. The van der Waals surface area contributed by atoms with Crippen molar-refractivity contribution in [3.63, 3.8) is 0 Å². The highest BCUT2D eigenvalue weighted by atomic mass is 16.5. The first-order chi connectivity index (χ1) is 9.85. The molecule has 0 bridgehead atoms. The number of carboxylic acids is 1. The van der Waals surface area contributed by atoms with Crippen LogP contribution in [-0.4, -0.2) is 48.0 Å². The van der Waals surface area contributed by atoms with E-state index in [0.29, 0.717) is 13.0 Å². The van der Waals surface area contributed by atoms with E-state index in [0.717, 1.165) is 18.2 Å². The molecule has 0 saturated heterocycles. The number of aliphatic hydroxyl groups is 1. The molecular weight excluding hydrogens is 276 g/mol. The van der Waals surface area contributed by atoms with E-state index >= 15 is 0 Å². The number of amides is 2. The van der Waals surface area contributed by atoms with Crippen LogP contribution in [0, 0.1) is 0 Å². The maximum Gasteiger partial charge on any atom is 0.337 e. The molecule has 4 N–H and O–H groups in total. The molecule has 1 aromatic rings. The number of ether oxygens (including phenoxy) is 1. The molecule has 7 heteroatoms. The van der Waals surface area contributed by atoms with Gasteiger partial charge in [-0.1, -0.05) is 12.1 Å². The number of hydrogen-bond donors (Lipinski definition) is 4. The van der Waals surface area contributed by atoms with Gasteiger partial charge in [-0.2, -0.15) is 0 Å². The number of hydrogen-bond acceptors (Lipinski definition) is 4. The zero-order valence-corrected chi connectivity index (χ0v) is 12.0. The standard InChI is InChI=1S/C14H20N2O5/c1-14(20,12(17)18)9-16-13(19)15-7-6-10-4-3-5-11(8-10)21-2/h3-5,8,20H,6-7,9H2,1-2H3,(H,17,18)(H2,15,16,19). The van der Waals surface area contributed by atoms with Crippen molar-refractivity contribution < 1.29 is 24.5 Å². The lowest BCUT2D eigenvalue weighted by atomic mass is 10.1. The van der Waals surface area contributed by atoms with Gasteiger partial charge in [-0.3, -0.25) is 0 Å². The van der Waals surface area contributed by atoms with Crippen molar-refractivity contribution in [2.24, 2.45) is 0 Å².